The zero-order chi connectivity index (χ0) is 9.90. The third-order valence-electron chi connectivity index (χ3n) is 1.28. The van der Waals surface area contributed by atoms with Gasteiger partial charge in [0.2, 0.25) is 0 Å². The fraction of sp³-hybridized carbons (Fsp3) is 0.125. The highest BCUT2D eigenvalue weighted by molar-refractivity contribution is 8.00. The zero-order valence-electron chi connectivity index (χ0n) is 6.43. The molecule has 1 rings (SSSR count). The Labute approximate surface area is 77.5 Å². The van der Waals surface area contributed by atoms with E-state index in [0.717, 1.165) is 6.21 Å². The fourth-order valence-corrected chi connectivity index (χ4v) is 1.31. The largest absolute Gasteiger partial charge is 0.446 e. The van der Waals surface area contributed by atoms with Crippen LogP contribution in [0.4, 0.5) is 13.2 Å². The maximum Gasteiger partial charge on any atom is 0.446 e. The van der Waals surface area contributed by atoms with Crippen molar-refractivity contribution < 1.29 is 13.2 Å². The number of nitrogens with one attached hydrogen (secondary N) is 1. The molecule has 0 aromatic heterocycles. The van der Waals surface area contributed by atoms with Crippen molar-refractivity contribution in [2.24, 2.45) is 0 Å². The maximum atomic E-state index is 11.8. The molecule has 1 aromatic carbocycles. The number of rotatable bonds is 2. The van der Waals surface area contributed by atoms with Gasteiger partial charge in [-0.2, -0.15) is 13.2 Å². The Morgan fingerprint density at radius 2 is 1.69 bits per heavy atom. The number of hydrogen-bond donors (Lipinski definition) is 1. The molecular weight excluding hydrogens is 199 g/mol. The lowest BCUT2D eigenvalue weighted by atomic mass is 10.2. The van der Waals surface area contributed by atoms with Gasteiger partial charge in [0.05, 0.1) is 0 Å². The van der Waals surface area contributed by atoms with E-state index in [-0.39, 0.29) is 16.7 Å². The number of alkyl halides is 3. The van der Waals surface area contributed by atoms with Crippen molar-refractivity contribution in [1.29, 1.82) is 5.41 Å². The molecule has 0 radical (unpaired) electrons. The predicted octanol–water partition coefficient (Wildman–Crippen LogP) is 3.30. The second kappa shape index (κ2) is 3.83. The summed E-state index contributed by atoms with van der Waals surface area (Å²) in [6.07, 6.45) is 1.09. The van der Waals surface area contributed by atoms with E-state index in [4.69, 9.17) is 5.41 Å². The SMILES string of the molecule is N=Cc1ccc(SC(F)(F)F)cc1. The molecule has 0 aliphatic rings. The Balaban J connectivity index is 2.75. The van der Waals surface area contributed by atoms with Gasteiger partial charge in [0.25, 0.3) is 0 Å². The van der Waals surface area contributed by atoms with E-state index < -0.39 is 5.51 Å². The third kappa shape index (κ3) is 3.50. The van der Waals surface area contributed by atoms with E-state index in [2.05, 4.69) is 0 Å². The van der Waals surface area contributed by atoms with E-state index in [1.165, 1.54) is 24.3 Å². The van der Waals surface area contributed by atoms with Crippen molar-refractivity contribution >= 4 is 18.0 Å². The van der Waals surface area contributed by atoms with Crippen molar-refractivity contribution in [1.82, 2.24) is 0 Å². The van der Waals surface area contributed by atoms with Gasteiger partial charge in [-0.1, -0.05) is 12.1 Å². The van der Waals surface area contributed by atoms with Crippen LogP contribution in [0.3, 0.4) is 0 Å². The third-order valence-corrected chi connectivity index (χ3v) is 2.02. The summed E-state index contributed by atoms with van der Waals surface area (Å²) in [5.41, 5.74) is -3.65. The van der Waals surface area contributed by atoms with Crippen molar-refractivity contribution in [3.05, 3.63) is 29.8 Å². The molecule has 1 nitrogen and oxygen atoms in total. The smallest absolute Gasteiger partial charge is 0.308 e. The molecule has 0 fully saturated rings. The van der Waals surface area contributed by atoms with E-state index in [1.807, 2.05) is 0 Å². The molecular formula is C8H6F3NS. The standard InChI is InChI=1S/C8H6F3NS/c9-8(10,11)13-7-3-1-6(5-12)2-4-7/h1-5,12H. The number of hydrogen-bond acceptors (Lipinski definition) is 2. The zero-order valence-corrected chi connectivity index (χ0v) is 7.25. The van der Waals surface area contributed by atoms with Crippen LogP contribution in [-0.2, 0) is 0 Å². The van der Waals surface area contributed by atoms with E-state index in [9.17, 15) is 13.2 Å². The first kappa shape index (κ1) is 10.1. The van der Waals surface area contributed by atoms with Gasteiger partial charge in [0.1, 0.15) is 0 Å². The van der Waals surface area contributed by atoms with Gasteiger partial charge in [-0.3, -0.25) is 0 Å². The number of benzene rings is 1. The molecule has 1 N–H and O–H groups in total. The van der Waals surface area contributed by atoms with Crippen molar-refractivity contribution in [2.45, 2.75) is 10.4 Å². The first-order valence-electron chi connectivity index (χ1n) is 3.37. The van der Waals surface area contributed by atoms with Crippen LogP contribution < -0.4 is 0 Å². The van der Waals surface area contributed by atoms with Crippen LogP contribution in [-0.4, -0.2) is 11.7 Å². The quantitative estimate of drug-likeness (QED) is 0.581. The molecule has 5 heteroatoms. The van der Waals surface area contributed by atoms with Gasteiger partial charge in [0, 0.05) is 11.1 Å². The average Bonchev–Trinajstić information content (AvgIpc) is 2.03. The molecule has 0 amide bonds. The lowest BCUT2D eigenvalue weighted by Crippen LogP contribution is -1.98. The summed E-state index contributed by atoms with van der Waals surface area (Å²) in [5, 5.41) is 6.84. The van der Waals surface area contributed by atoms with Crippen molar-refractivity contribution in [2.75, 3.05) is 0 Å². The monoisotopic (exact) mass is 205 g/mol. The van der Waals surface area contributed by atoms with Crippen molar-refractivity contribution in [3.63, 3.8) is 0 Å². The summed E-state index contributed by atoms with van der Waals surface area (Å²) in [4.78, 5) is 0.137. The molecule has 70 valence electrons. The summed E-state index contributed by atoms with van der Waals surface area (Å²) in [6.45, 7) is 0. The normalized spacial score (nSPS) is 11.3. The highest BCUT2D eigenvalue weighted by Crippen LogP contribution is 2.36. The van der Waals surface area contributed by atoms with Crippen LogP contribution in [0.2, 0.25) is 0 Å². The molecule has 0 unspecified atom stereocenters. The molecule has 0 saturated heterocycles. The highest BCUT2D eigenvalue weighted by Gasteiger charge is 2.28. The molecule has 1 aromatic rings. The van der Waals surface area contributed by atoms with E-state index in [0.29, 0.717) is 5.56 Å². The van der Waals surface area contributed by atoms with Gasteiger partial charge in [-0.05, 0) is 29.5 Å². The number of thioether (sulfide) groups is 1. The van der Waals surface area contributed by atoms with Crippen LogP contribution in [0.1, 0.15) is 5.56 Å². The Morgan fingerprint density at radius 1 is 1.15 bits per heavy atom. The molecule has 0 spiro atoms. The minimum atomic E-state index is -4.24. The summed E-state index contributed by atoms with van der Waals surface area (Å²) in [7, 11) is 0. The van der Waals surface area contributed by atoms with Gasteiger partial charge >= 0.3 is 5.51 Å². The van der Waals surface area contributed by atoms with E-state index >= 15 is 0 Å². The van der Waals surface area contributed by atoms with E-state index in [1.54, 1.807) is 0 Å². The summed E-state index contributed by atoms with van der Waals surface area (Å²) >= 11 is -0.155. The second-order valence-corrected chi connectivity index (χ2v) is 3.40. The topological polar surface area (TPSA) is 23.9 Å². The summed E-state index contributed by atoms with van der Waals surface area (Å²) in [6, 6.07) is 5.64. The minimum absolute atomic E-state index is 0.137. The van der Waals surface area contributed by atoms with Crippen LogP contribution in [0.25, 0.3) is 0 Å². The molecule has 0 aliphatic heterocycles. The maximum absolute atomic E-state index is 11.8. The van der Waals surface area contributed by atoms with Gasteiger partial charge < -0.3 is 5.41 Å². The molecule has 0 atom stereocenters. The summed E-state index contributed by atoms with van der Waals surface area (Å²) in [5.74, 6) is 0. The Morgan fingerprint density at radius 3 is 2.08 bits per heavy atom. The molecule has 0 aliphatic carbocycles. The van der Waals surface area contributed by atoms with Crippen LogP contribution >= 0.6 is 11.8 Å². The average molecular weight is 205 g/mol. The lowest BCUT2D eigenvalue weighted by molar-refractivity contribution is -0.0328. The Hall–Kier alpha value is -0.970. The minimum Gasteiger partial charge on any atom is -0.308 e. The van der Waals surface area contributed by atoms with Crippen LogP contribution in [0.15, 0.2) is 29.2 Å². The molecule has 0 saturated carbocycles. The van der Waals surface area contributed by atoms with Crippen LogP contribution in [0.5, 0.6) is 0 Å². The summed E-state index contributed by atoms with van der Waals surface area (Å²) < 4.78 is 35.5. The highest BCUT2D eigenvalue weighted by atomic mass is 32.2. The fourth-order valence-electron chi connectivity index (χ4n) is 0.766. The molecule has 0 heterocycles. The number of halogens is 3. The lowest BCUT2D eigenvalue weighted by Gasteiger charge is -2.04. The Kier molecular flexibility index (Phi) is 2.98. The first-order chi connectivity index (χ1) is 6.01. The van der Waals surface area contributed by atoms with Gasteiger partial charge in [-0.25, -0.2) is 0 Å². The second-order valence-electron chi connectivity index (χ2n) is 2.26. The van der Waals surface area contributed by atoms with Crippen molar-refractivity contribution in [3.8, 4) is 0 Å². The first-order valence-corrected chi connectivity index (χ1v) is 4.19. The van der Waals surface area contributed by atoms with Crippen LogP contribution in [0, 0.1) is 5.41 Å². The molecule has 13 heavy (non-hydrogen) atoms. The van der Waals surface area contributed by atoms with Gasteiger partial charge in [0.15, 0.2) is 0 Å². The predicted molar refractivity (Wildman–Crippen MR) is 46.2 cm³/mol. The Bertz CT molecular complexity index is 291. The molecule has 0 bridgehead atoms. The van der Waals surface area contributed by atoms with Gasteiger partial charge in [-0.15, -0.1) is 0 Å².